The number of hydrogen-bond acceptors (Lipinski definition) is 15. The fourth-order valence-electron chi connectivity index (χ4n) is 10.6. The molecule has 0 radical (unpaired) electrons. The molecule has 0 saturated heterocycles. The summed E-state index contributed by atoms with van der Waals surface area (Å²) in [5.74, 6) is 0.687. The van der Waals surface area contributed by atoms with E-state index in [-0.39, 0.29) is 35.4 Å². The second kappa shape index (κ2) is 38.9. The molecule has 0 saturated carbocycles. The number of benzene rings is 6. The van der Waals surface area contributed by atoms with E-state index in [0.717, 1.165) is 80.9 Å². The summed E-state index contributed by atoms with van der Waals surface area (Å²) < 4.78 is 0. The number of carbonyl (C=O) groups excluding carboxylic acids is 6. The van der Waals surface area contributed by atoms with Crippen LogP contribution in [0.5, 0.6) is 0 Å². The molecule has 0 fully saturated rings. The molecule has 107 heavy (non-hydrogen) atoms. The average Bonchev–Trinajstić information content (AvgIpc) is 0.883. The van der Waals surface area contributed by atoms with Gasteiger partial charge in [0.05, 0.1) is 17.1 Å². The van der Waals surface area contributed by atoms with Crippen molar-refractivity contribution in [2.45, 2.75) is 73.1 Å². The monoisotopic (exact) mass is 1420 g/mol. The lowest BCUT2D eigenvalue weighted by Crippen LogP contribution is -2.15. The number of nitrogens with one attached hydrogen (secondary N) is 6. The summed E-state index contributed by atoms with van der Waals surface area (Å²) in [6, 6.07) is 57.0. The Balaban J connectivity index is 0.000000172. The van der Waals surface area contributed by atoms with E-state index in [9.17, 15) is 28.8 Å². The predicted molar refractivity (Wildman–Crippen MR) is 420 cm³/mol. The van der Waals surface area contributed by atoms with Crippen molar-refractivity contribution < 1.29 is 28.8 Å². The maximum atomic E-state index is 12.9. The molecular formula is C86H79N15O6. The molecule has 0 unspecified atom stereocenters. The summed E-state index contributed by atoms with van der Waals surface area (Å²) in [6.07, 6.45) is 29.6. The van der Waals surface area contributed by atoms with E-state index >= 15 is 0 Å². The summed E-state index contributed by atoms with van der Waals surface area (Å²) in [5.41, 5.74) is 15.4. The van der Waals surface area contributed by atoms with Gasteiger partial charge in [0.2, 0.25) is 17.7 Å². The molecule has 534 valence electrons. The maximum absolute atomic E-state index is 12.9. The molecule has 6 amide bonds. The highest BCUT2D eigenvalue weighted by Crippen LogP contribution is 2.25. The number of amides is 6. The van der Waals surface area contributed by atoms with Gasteiger partial charge in [0.1, 0.15) is 17.5 Å². The Labute approximate surface area is 621 Å². The third kappa shape index (κ3) is 23.5. The molecule has 0 aliphatic rings. The van der Waals surface area contributed by atoms with Gasteiger partial charge in [-0.2, -0.15) is 0 Å². The van der Waals surface area contributed by atoms with Gasteiger partial charge in [0, 0.05) is 143 Å². The number of aryl methyl sites for hydroxylation is 2. The van der Waals surface area contributed by atoms with Crippen molar-refractivity contribution in [2.24, 2.45) is 0 Å². The molecule has 0 atom stereocenters. The molecule has 6 aromatic heterocycles. The van der Waals surface area contributed by atoms with Crippen LogP contribution in [0.2, 0.25) is 0 Å². The van der Waals surface area contributed by atoms with Crippen LogP contribution >= 0.6 is 0 Å². The van der Waals surface area contributed by atoms with E-state index in [1.165, 1.54) is 18.2 Å². The van der Waals surface area contributed by atoms with E-state index in [1.54, 1.807) is 135 Å². The molecule has 12 rings (SSSR count). The molecule has 0 aliphatic carbocycles. The maximum Gasteiger partial charge on any atom is 0.256 e. The van der Waals surface area contributed by atoms with Crippen LogP contribution in [0.4, 0.5) is 34.1 Å². The second-order valence-corrected chi connectivity index (χ2v) is 24.3. The minimum atomic E-state index is -0.259. The fourth-order valence-corrected chi connectivity index (χ4v) is 10.6. The first kappa shape index (κ1) is 75.7. The van der Waals surface area contributed by atoms with Gasteiger partial charge in [-0.1, -0.05) is 87.5 Å². The summed E-state index contributed by atoms with van der Waals surface area (Å²) in [6.45, 7) is 9.73. The van der Waals surface area contributed by atoms with Crippen LogP contribution < -0.4 is 31.9 Å². The first-order valence-electron chi connectivity index (χ1n) is 34.8. The van der Waals surface area contributed by atoms with E-state index < -0.39 is 0 Å². The molecule has 0 aliphatic heterocycles. The summed E-state index contributed by atoms with van der Waals surface area (Å²) >= 11 is 0. The third-order valence-electron chi connectivity index (χ3n) is 16.1. The standard InChI is InChI=1S/2C29H27N5O2.C28H25N5O2/c1-3-4-10-28(35)32-24-9-5-7-22(17-24)29(36)33-25-12-11-21(20(2)16-25)18-27-31-15-13-26(34-27)23-8-6-14-30-19-23;1-3-4-7-28(35)32-24-11-8-20(2)25(18-24)29(36)33-23-12-9-21(10-13-23)17-27-31-16-14-26(34-27)22-6-5-15-30-19-22;1-2-3-9-27(34)31-24-8-4-6-21(18-24)28(35)32-23-12-10-20(11-13-23)17-26-30-16-14-25(33-26)22-7-5-15-29-19-22/h4-17,19H,3,18H2,1-2H3,(H,32,35)(H,33,36);4-16,18-19H,3,17H2,1-2H3,(H,32,35)(H,33,36);3-16,18-19H,2,17H2,1H3,(H,31,34)(H,32,35)/b10-4+;7-4+;9-3+. The van der Waals surface area contributed by atoms with Crippen molar-refractivity contribution in [3.05, 3.63) is 342 Å². The van der Waals surface area contributed by atoms with Crippen molar-refractivity contribution in [3.8, 4) is 33.8 Å². The highest BCUT2D eigenvalue weighted by molar-refractivity contribution is 6.08. The molecule has 6 heterocycles. The molecule has 6 aromatic carbocycles. The Morgan fingerprint density at radius 3 is 1.11 bits per heavy atom. The quantitative estimate of drug-likeness (QED) is 0.0307. The highest BCUT2D eigenvalue weighted by Gasteiger charge is 2.16. The first-order chi connectivity index (χ1) is 52.1. The summed E-state index contributed by atoms with van der Waals surface area (Å²) in [7, 11) is 0. The van der Waals surface area contributed by atoms with E-state index in [1.807, 2.05) is 162 Å². The van der Waals surface area contributed by atoms with Crippen molar-refractivity contribution >= 4 is 69.6 Å². The number of carbonyl (C=O) groups is 6. The van der Waals surface area contributed by atoms with Gasteiger partial charge in [-0.3, -0.25) is 43.7 Å². The lowest BCUT2D eigenvalue weighted by atomic mass is 10.0. The van der Waals surface area contributed by atoms with Crippen LogP contribution in [0.25, 0.3) is 33.8 Å². The normalized spacial score (nSPS) is 10.8. The van der Waals surface area contributed by atoms with Gasteiger partial charge < -0.3 is 31.9 Å². The Hall–Kier alpha value is -14.0. The SMILES string of the molecule is CC/C=C/C(=O)Nc1ccc(C)c(C(=O)Nc2ccc(Cc3nccc(-c4cccnc4)n3)cc2)c1.CC/C=C/C(=O)Nc1cccc(C(=O)Nc2ccc(Cc3nccc(-c4cccnc4)n3)c(C)c2)c1.CC/C=C/C(=O)Nc1cccc(C(=O)Nc2ccc(Cc3nccc(-c4cccnc4)n3)cc2)c1. The summed E-state index contributed by atoms with van der Waals surface area (Å²) in [4.78, 5) is 114. The topological polar surface area (TPSA) is 291 Å². The van der Waals surface area contributed by atoms with Crippen LogP contribution in [0.3, 0.4) is 0 Å². The molecule has 12 aromatic rings. The van der Waals surface area contributed by atoms with Gasteiger partial charge in [0.15, 0.2) is 0 Å². The number of anilines is 6. The summed E-state index contributed by atoms with van der Waals surface area (Å²) in [5, 5.41) is 17.1. The molecule has 0 bridgehead atoms. The zero-order valence-electron chi connectivity index (χ0n) is 59.8. The van der Waals surface area contributed by atoms with Crippen LogP contribution in [-0.4, -0.2) is 80.3 Å². The minimum absolute atomic E-state index is 0.224. The lowest BCUT2D eigenvalue weighted by molar-refractivity contribution is -0.112. The zero-order valence-corrected chi connectivity index (χ0v) is 59.8. The second-order valence-electron chi connectivity index (χ2n) is 24.3. The van der Waals surface area contributed by atoms with E-state index in [0.29, 0.717) is 87.6 Å². The van der Waals surface area contributed by atoms with Crippen LogP contribution in [0.1, 0.15) is 116 Å². The number of allylic oxidation sites excluding steroid dienone is 3. The number of hydrogen-bond donors (Lipinski definition) is 6. The number of rotatable bonds is 24. The number of nitrogens with zero attached hydrogens (tertiary/aromatic N) is 9. The zero-order chi connectivity index (χ0) is 75.1. The Morgan fingerprint density at radius 1 is 0.336 bits per heavy atom. The third-order valence-corrected chi connectivity index (χ3v) is 16.1. The van der Waals surface area contributed by atoms with Crippen LogP contribution in [0.15, 0.2) is 280 Å². The van der Waals surface area contributed by atoms with Crippen LogP contribution in [0, 0.1) is 13.8 Å². The highest BCUT2D eigenvalue weighted by atomic mass is 16.2. The number of pyridine rings is 3. The molecule has 21 heteroatoms. The fraction of sp³-hybridized carbons (Fsp3) is 0.128. The Kier molecular flexibility index (Phi) is 27.5. The molecular weight excluding hydrogens is 1340 g/mol. The van der Waals surface area contributed by atoms with Gasteiger partial charge in [0.25, 0.3) is 17.7 Å². The average molecular weight is 1420 g/mol. The largest absolute Gasteiger partial charge is 0.322 e. The van der Waals surface area contributed by atoms with Crippen molar-refractivity contribution in [1.29, 1.82) is 0 Å². The molecule has 21 nitrogen and oxygen atoms in total. The van der Waals surface area contributed by atoms with E-state index in [4.69, 9.17) is 0 Å². The van der Waals surface area contributed by atoms with Gasteiger partial charge in [-0.25, -0.2) is 29.9 Å². The Bertz CT molecular complexity index is 5140. The molecule has 6 N–H and O–H groups in total. The van der Waals surface area contributed by atoms with Crippen molar-refractivity contribution in [3.63, 3.8) is 0 Å². The minimum Gasteiger partial charge on any atom is -0.322 e. The van der Waals surface area contributed by atoms with E-state index in [2.05, 4.69) is 76.8 Å². The Morgan fingerprint density at radius 2 is 0.710 bits per heavy atom. The number of aromatic nitrogens is 9. The van der Waals surface area contributed by atoms with Gasteiger partial charge in [-0.05, 0) is 219 Å². The van der Waals surface area contributed by atoms with Gasteiger partial charge >= 0.3 is 0 Å². The van der Waals surface area contributed by atoms with Crippen molar-refractivity contribution in [2.75, 3.05) is 31.9 Å². The molecule has 0 spiro atoms. The van der Waals surface area contributed by atoms with Crippen LogP contribution in [-0.2, 0) is 33.6 Å². The predicted octanol–water partition coefficient (Wildman–Crippen LogP) is 16.5. The first-order valence-corrected chi connectivity index (χ1v) is 34.8. The van der Waals surface area contributed by atoms with Gasteiger partial charge in [-0.15, -0.1) is 0 Å². The smallest absolute Gasteiger partial charge is 0.256 e. The lowest BCUT2D eigenvalue weighted by Gasteiger charge is -2.11. The van der Waals surface area contributed by atoms with Crippen molar-refractivity contribution in [1.82, 2.24) is 44.9 Å².